The molecule has 0 bridgehead atoms. The first-order valence-corrected chi connectivity index (χ1v) is 14.8. The van der Waals surface area contributed by atoms with Crippen LogP contribution in [-0.4, -0.2) is 154 Å². The topological polar surface area (TPSA) is 191 Å². The Kier molecular flexibility index (Phi) is 15.4. The van der Waals surface area contributed by atoms with Crippen molar-refractivity contribution in [3.8, 4) is 0 Å². The second-order valence-corrected chi connectivity index (χ2v) is 11.0. The van der Waals surface area contributed by atoms with Crippen LogP contribution in [0.15, 0.2) is 24.3 Å². The Labute approximate surface area is 253 Å². The Hall–Kier alpha value is -3.11. The third-order valence-corrected chi connectivity index (χ3v) is 7.25. The largest absolute Gasteiger partial charge is 0.480 e. The van der Waals surface area contributed by atoms with Gasteiger partial charge in [-0.2, -0.15) is 0 Å². The molecule has 14 nitrogen and oxygen atoms in total. The first kappa shape index (κ1) is 35.1. The Morgan fingerprint density at radius 2 is 1.17 bits per heavy atom. The highest BCUT2D eigenvalue weighted by atomic mass is 79.9. The van der Waals surface area contributed by atoms with Gasteiger partial charge in [-0.3, -0.25) is 43.6 Å². The van der Waals surface area contributed by atoms with E-state index >= 15 is 0 Å². The molecular weight excluding hydrogens is 618 g/mol. The van der Waals surface area contributed by atoms with E-state index in [1.165, 1.54) is 0 Å². The highest BCUT2D eigenvalue weighted by molar-refractivity contribution is 9.09. The van der Waals surface area contributed by atoms with Crippen molar-refractivity contribution in [3.63, 3.8) is 0 Å². The molecule has 0 unspecified atom stereocenters. The summed E-state index contributed by atoms with van der Waals surface area (Å²) in [7, 11) is 0. The van der Waals surface area contributed by atoms with Gasteiger partial charge in [-0.15, -0.1) is 0 Å². The highest BCUT2D eigenvalue weighted by Gasteiger charge is 2.24. The Bertz CT molecular complexity index is 1030. The summed E-state index contributed by atoms with van der Waals surface area (Å²) in [6, 6.07) is 7.23. The molecule has 15 heteroatoms. The van der Waals surface area contributed by atoms with Crippen LogP contribution in [0, 0.1) is 5.92 Å². The number of rotatable bonds is 12. The monoisotopic (exact) mass is 657 g/mol. The van der Waals surface area contributed by atoms with Crippen LogP contribution in [-0.2, 0) is 30.4 Å². The van der Waals surface area contributed by atoms with Crippen LogP contribution in [0.4, 0.5) is 5.69 Å². The van der Waals surface area contributed by atoms with E-state index < -0.39 is 23.9 Å². The van der Waals surface area contributed by atoms with E-state index in [1.54, 1.807) is 31.7 Å². The molecule has 234 valence electrons. The SMILES string of the molecule is O=C(O)CN1CCCN(CC(=O)O)CCN(CC(=O)O)CC(Cc2cccc(NC(=O)CBr)c2)CN(CC(=O)O)CC1. The number of halogens is 1. The molecule has 1 amide bonds. The van der Waals surface area contributed by atoms with Gasteiger partial charge in [0.15, 0.2) is 0 Å². The van der Waals surface area contributed by atoms with Crippen molar-refractivity contribution in [2.75, 3.05) is 89.2 Å². The number of aliphatic carboxylic acids is 4. The number of hydrogen-bond donors (Lipinski definition) is 5. The second-order valence-electron chi connectivity index (χ2n) is 10.4. The zero-order valence-electron chi connectivity index (χ0n) is 23.5. The number of carboxylic acids is 4. The van der Waals surface area contributed by atoms with Gasteiger partial charge in [-0.1, -0.05) is 28.1 Å². The number of nitrogens with one attached hydrogen (secondary N) is 1. The number of benzene rings is 1. The summed E-state index contributed by atoms with van der Waals surface area (Å²) in [6.07, 6.45) is 0.935. The Balaban J connectivity index is 2.39. The molecule has 0 aliphatic carbocycles. The van der Waals surface area contributed by atoms with Gasteiger partial charge in [0.2, 0.25) is 5.91 Å². The number of hydrogen-bond acceptors (Lipinski definition) is 9. The fourth-order valence-corrected chi connectivity index (χ4v) is 5.22. The summed E-state index contributed by atoms with van der Waals surface area (Å²) in [5.74, 6) is -4.57. The van der Waals surface area contributed by atoms with Crippen molar-refractivity contribution in [1.82, 2.24) is 19.6 Å². The zero-order valence-corrected chi connectivity index (χ0v) is 25.1. The van der Waals surface area contributed by atoms with Gasteiger partial charge in [-0.05, 0) is 36.5 Å². The summed E-state index contributed by atoms with van der Waals surface area (Å²) in [5.41, 5.74) is 1.45. The first-order valence-electron chi connectivity index (χ1n) is 13.6. The van der Waals surface area contributed by atoms with Crippen molar-refractivity contribution in [2.24, 2.45) is 5.92 Å². The number of carbonyl (C=O) groups is 5. The molecular formula is C27H40BrN5O9. The van der Waals surface area contributed by atoms with Gasteiger partial charge in [0, 0.05) is 58.0 Å². The summed E-state index contributed by atoms with van der Waals surface area (Å²) >= 11 is 3.12. The standard InChI is InChI=1S/C27H40BrN5O9/c28-13-23(34)29-22-4-1-3-20(12-22)11-21-14-32(18-26(39)40)9-7-30(16-24(35)36)5-2-6-31(17-25(37)38)8-10-33(15-21)19-27(41)42/h1,3-4,12,21H,2,5-11,13-19H2,(H,29,34)(H,35,36)(H,37,38)(H,39,40)(H,41,42). The second kappa shape index (κ2) is 18.4. The third-order valence-electron chi connectivity index (χ3n) is 6.74. The quantitative estimate of drug-likeness (QED) is 0.191. The lowest BCUT2D eigenvalue weighted by molar-refractivity contribution is -0.141. The number of anilines is 1. The molecule has 0 saturated carbocycles. The van der Waals surface area contributed by atoms with Crippen LogP contribution in [0.5, 0.6) is 0 Å². The predicted octanol–water partition coefficient (Wildman–Crippen LogP) is 0.129. The maximum Gasteiger partial charge on any atom is 0.317 e. The van der Waals surface area contributed by atoms with Gasteiger partial charge in [-0.25, -0.2) is 0 Å². The van der Waals surface area contributed by atoms with E-state index in [1.807, 2.05) is 12.1 Å². The molecule has 1 saturated heterocycles. The smallest absolute Gasteiger partial charge is 0.317 e. The van der Waals surface area contributed by atoms with Crippen molar-refractivity contribution < 1.29 is 44.4 Å². The first-order chi connectivity index (χ1) is 19.9. The lowest BCUT2D eigenvalue weighted by Gasteiger charge is -2.34. The van der Waals surface area contributed by atoms with Crippen molar-refractivity contribution in [3.05, 3.63) is 29.8 Å². The molecule has 0 aromatic heterocycles. The maximum absolute atomic E-state index is 11.9. The Morgan fingerprint density at radius 1 is 0.714 bits per heavy atom. The zero-order chi connectivity index (χ0) is 31.1. The summed E-state index contributed by atoms with van der Waals surface area (Å²) in [6.45, 7) is 1.44. The van der Waals surface area contributed by atoms with Gasteiger partial charge in [0.25, 0.3) is 0 Å². The molecule has 1 heterocycles. The molecule has 1 aliphatic rings. The average Bonchev–Trinajstić information content (AvgIpc) is 2.88. The summed E-state index contributed by atoms with van der Waals surface area (Å²) in [5, 5.41) is 40.9. The van der Waals surface area contributed by atoms with Crippen molar-refractivity contribution in [1.29, 1.82) is 0 Å². The number of nitrogens with zero attached hydrogens (tertiary/aromatic N) is 4. The maximum atomic E-state index is 11.9. The Morgan fingerprint density at radius 3 is 1.62 bits per heavy atom. The lowest BCUT2D eigenvalue weighted by Crippen LogP contribution is -2.47. The van der Waals surface area contributed by atoms with Crippen LogP contribution < -0.4 is 5.32 Å². The van der Waals surface area contributed by atoms with Gasteiger partial charge in [0.1, 0.15) is 0 Å². The summed E-state index contributed by atoms with van der Waals surface area (Å²) < 4.78 is 0. The lowest BCUT2D eigenvalue weighted by atomic mass is 9.97. The van der Waals surface area contributed by atoms with Crippen LogP contribution in [0.2, 0.25) is 0 Å². The normalized spacial score (nSPS) is 17.7. The molecule has 0 atom stereocenters. The fraction of sp³-hybridized carbons (Fsp3) is 0.593. The predicted molar refractivity (Wildman–Crippen MR) is 157 cm³/mol. The van der Waals surface area contributed by atoms with E-state index in [4.69, 9.17) is 0 Å². The van der Waals surface area contributed by atoms with E-state index in [9.17, 15) is 44.4 Å². The van der Waals surface area contributed by atoms with Crippen LogP contribution in [0.1, 0.15) is 12.0 Å². The molecule has 1 aliphatic heterocycles. The minimum absolute atomic E-state index is 0.131. The number of carbonyl (C=O) groups excluding carboxylic acids is 1. The molecule has 2 rings (SSSR count). The van der Waals surface area contributed by atoms with Crippen LogP contribution >= 0.6 is 15.9 Å². The van der Waals surface area contributed by atoms with Gasteiger partial charge in [0.05, 0.1) is 31.5 Å². The molecule has 0 radical (unpaired) electrons. The van der Waals surface area contributed by atoms with Gasteiger partial charge < -0.3 is 25.7 Å². The minimum atomic E-state index is -1.04. The molecule has 5 N–H and O–H groups in total. The average molecular weight is 659 g/mol. The molecule has 42 heavy (non-hydrogen) atoms. The molecule has 1 aromatic rings. The fourth-order valence-electron chi connectivity index (χ4n) is 5.08. The minimum Gasteiger partial charge on any atom is -0.480 e. The molecule has 0 spiro atoms. The van der Waals surface area contributed by atoms with Crippen LogP contribution in [0.25, 0.3) is 0 Å². The summed E-state index contributed by atoms with van der Waals surface area (Å²) in [4.78, 5) is 65.2. The number of alkyl halides is 1. The van der Waals surface area contributed by atoms with Crippen LogP contribution in [0.3, 0.4) is 0 Å². The van der Waals surface area contributed by atoms with Crippen molar-refractivity contribution >= 4 is 51.4 Å². The van der Waals surface area contributed by atoms with E-state index in [0.717, 1.165) is 5.56 Å². The van der Waals surface area contributed by atoms with Gasteiger partial charge >= 0.3 is 23.9 Å². The van der Waals surface area contributed by atoms with Crippen molar-refractivity contribution in [2.45, 2.75) is 12.8 Å². The molecule has 1 aromatic carbocycles. The molecule has 1 fully saturated rings. The van der Waals surface area contributed by atoms with E-state index in [0.29, 0.717) is 44.7 Å². The van der Waals surface area contributed by atoms with E-state index in [-0.39, 0.29) is 69.5 Å². The highest BCUT2D eigenvalue weighted by Crippen LogP contribution is 2.18. The van der Waals surface area contributed by atoms with E-state index in [2.05, 4.69) is 21.2 Å². The number of amides is 1. The number of carboxylic acid groups (broad SMARTS) is 4. The third kappa shape index (κ3) is 14.7.